The Morgan fingerprint density at radius 1 is 1.15 bits per heavy atom. The van der Waals surface area contributed by atoms with Crippen molar-refractivity contribution in [1.29, 1.82) is 0 Å². The zero-order chi connectivity index (χ0) is 23.9. The van der Waals surface area contributed by atoms with E-state index in [9.17, 15) is 14.4 Å². The van der Waals surface area contributed by atoms with Crippen molar-refractivity contribution in [3.8, 4) is 5.75 Å². The molecule has 2 N–H and O–H groups in total. The van der Waals surface area contributed by atoms with Crippen molar-refractivity contribution in [1.82, 2.24) is 10.2 Å². The number of anilines is 1. The van der Waals surface area contributed by atoms with E-state index in [2.05, 4.69) is 10.6 Å². The highest BCUT2D eigenvalue weighted by atomic mass is 16.6. The van der Waals surface area contributed by atoms with E-state index < -0.39 is 24.5 Å². The van der Waals surface area contributed by atoms with Gasteiger partial charge in [-0.25, -0.2) is 4.79 Å². The molecule has 1 aliphatic carbocycles. The number of ether oxygens (including phenoxy) is 3. The van der Waals surface area contributed by atoms with Gasteiger partial charge in [0.25, 0.3) is 5.91 Å². The molecule has 2 aliphatic heterocycles. The molecule has 9 nitrogen and oxygen atoms in total. The lowest BCUT2D eigenvalue weighted by Gasteiger charge is -2.35. The molecule has 2 amide bonds. The summed E-state index contributed by atoms with van der Waals surface area (Å²) in [5.41, 5.74) is 0.743. The first-order chi connectivity index (χ1) is 16.6. The van der Waals surface area contributed by atoms with Crippen molar-refractivity contribution in [2.75, 3.05) is 31.6 Å². The van der Waals surface area contributed by atoms with E-state index >= 15 is 0 Å². The van der Waals surface area contributed by atoms with Crippen LogP contribution >= 0.6 is 0 Å². The Balaban J connectivity index is 1.41. The van der Waals surface area contributed by atoms with Crippen LogP contribution in [0.3, 0.4) is 0 Å². The van der Waals surface area contributed by atoms with Crippen molar-refractivity contribution in [3.05, 3.63) is 24.3 Å². The van der Waals surface area contributed by atoms with Gasteiger partial charge in [0.05, 0.1) is 24.9 Å². The van der Waals surface area contributed by atoms with E-state index in [0.29, 0.717) is 44.9 Å². The smallest absolute Gasteiger partial charge is 0.408 e. The number of hydrogen-bond donors (Lipinski definition) is 2. The average Bonchev–Trinajstić information content (AvgIpc) is 3.32. The Morgan fingerprint density at radius 2 is 1.88 bits per heavy atom. The number of nitrogens with one attached hydrogen (secondary N) is 2. The molecule has 0 radical (unpaired) electrons. The fourth-order valence-corrected chi connectivity index (χ4v) is 4.91. The van der Waals surface area contributed by atoms with Crippen molar-refractivity contribution in [2.24, 2.45) is 5.92 Å². The summed E-state index contributed by atoms with van der Waals surface area (Å²) in [5.74, 6) is 0.153. The lowest BCUT2D eigenvalue weighted by molar-refractivity contribution is -0.148. The van der Waals surface area contributed by atoms with Crippen LogP contribution in [-0.2, 0) is 19.1 Å². The molecular weight excluding hydrogens is 438 g/mol. The van der Waals surface area contributed by atoms with Crippen molar-refractivity contribution < 1.29 is 28.6 Å². The number of morpholine rings is 1. The third-order valence-corrected chi connectivity index (χ3v) is 6.77. The number of benzene rings is 1. The van der Waals surface area contributed by atoms with Gasteiger partial charge < -0.3 is 29.7 Å². The Bertz CT molecular complexity index is 841. The van der Waals surface area contributed by atoms with Gasteiger partial charge in [-0.2, -0.15) is 0 Å². The molecule has 2 fully saturated rings. The van der Waals surface area contributed by atoms with Gasteiger partial charge in [-0.15, -0.1) is 0 Å². The summed E-state index contributed by atoms with van der Waals surface area (Å²) in [6, 6.07) is 6.54. The van der Waals surface area contributed by atoms with E-state index in [1.165, 1.54) is 0 Å². The van der Waals surface area contributed by atoms with Crippen molar-refractivity contribution >= 4 is 23.5 Å². The second kappa shape index (κ2) is 11.6. The zero-order valence-corrected chi connectivity index (χ0v) is 19.8. The number of rotatable bonds is 8. The van der Waals surface area contributed by atoms with Crippen LogP contribution in [0.4, 0.5) is 10.5 Å². The fourth-order valence-electron chi connectivity index (χ4n) is 4.91. The maximum absolute atomic E-state index is 13.3. The number of nitrogens with zero attached hydrogens (tertiary/aromatic N) is 1. The number of carbonyl (C=O) groups excluding carboxylic acids is 3. The molecule has 3 aliphatic rings. The van der Waals surface area contributed by atoms with Crippen LogP contribution in [0.5, 0.6) is 5.75 Å². The van der Waals surface area contributed by atoms with Gasteiger partial charge in [0.15, 0.2) is 6.10 Å². The largest absolute Gasteiger partial charge is 0.461 e. The first-order valence-corrected chi connectivity index (χ1v) is 12.5. The highest BCUT2D eigenvalue weighted by Crippen LogP contribution is 2.32. The molecule has 0 bridgehead atoms. The minimum absolute atomic E-state index is 0.00972. The number of alkyl carbamates (subject to hydrolysis) is 1. The van der Waals surface area contributed by atoms with Crippen LogP contribution in [0.2, 0.25) is 0 Å². The Hall–Kier alpha value is -2.81. The van der Waals surface area contributed by atoms with E-state index in [1.54, 1.807) is 11.0 Å². The zero-order valence-electron chi connectivity index (χ0n) is 19.8. The molecule has 9 heteroatoms. The van der Waals surface area contributed by atoms with Crippen LogP contribution in [0.15, 0.2) is 24.3 Å². The molecule has 3 atom stereocenters. The summed E-state index contributed by atoms with van der Waals surface area (Å²) < 4.78 is 16.9. The van der Waals surface area contributed by atoms with Crippen molar-refractivity contribution in [3.63, 3.8) is 0 Å². The third-order valence-electron chi connectivity index (χ3n) is 6.77. The third kappa shape index (κ3) is 5.81. The van der Waals surface area contributed by atoms with Crippen molar-refractivity contribution in [2.45, 2.75) is 70.2 Å². The van der Waals surface area contributed by atoms with Gasteiger partial charge in [0, 0.05) is 19.0 Å². The molecule has 0 aromatic heterocycles. The SMILES string of the molecule is CCC[C@H](NC(=O)O[C@H](C(=O)N1CCOCC1)C1CCCCC1)C(=O)C1Nc2ccccc2O1. The van der Waals surface area contributed by atoms with E-state index in [4.69, 9.17) is 14.2 Å². The quantitative estimate of drug-likeness (QED) is 0.598. The van der Waals surface area contributed by atoms with Gasteiger partial charge in [-0.3, -0.25) is 9.59 Å². The van der Waals surface area contributed by atoms with Gasteiger partial charge in [-0.05, 0) is 31.4 Å². The number of amides is 2. The van der Waals surface area contributed by atoms with Crippen LogP contribution < -0.4 is 15.4 Å². The van der Waals surface area contributed by atoms with Gasteiger partial charge in [0.1, 0.15) is 5.75 Å². The Kier molecular flexibility index (Phi) is 8.26. The molecule has 1 aromatic carbocycles. The Labute approximate surface area is 200 Å². The second-order valence-electron chi connectivity index (χ2n) is 9.19. The standard InChI is InChI=1S/C25H35N3O6/c1-2-8-19(21(29)23-26-18-11-6-7-12-20(18)33-23)27-25(31)34-22(17-9-4-3-5-10-17)24(30)28-13-15-32-16-14-28/h6-7,11-12,17,19,22-23,26H,2-5,8-10,13-16H2,1H3,(H,27,31)/t19-,22-,23?/m0/s1. The summed E-state index contributed by atoms with van der Waals surface area (Å²) in [4.78, 5) is 41.1. The fraction of sp³-hybridized carbons (Fsp3) is 0.640. The number of fused-ring (bicyclic) bond motifs is 1. The van der Waals surface area contributed by atoms with Crippen LogP contribution in [0.1, 0.15) is 51.9 Å². The summed E-state index contributed by atoms with van der Waals surface area (Å²) in [6.07, 6.45) is 3.54. The normalized spacial score (nSPS) is 22.0. The first kappa shape index (κ1) is 24.3. The molecule has 1 saturated carbocycles. The lowest BCUT2D eigenvalue weighted by atomic mass is 9.84. The molecule has 1 unspecified atom stereocenters. The molecular formula is C25H35N3O6. The molecule has 0 spiro atoms. The molecule has 1 saturated heterocycles. The summed E-state index contributed by atoms with van der Waals surface area (Å²) in [7, 11) is 0. The topological polar surface area (TPSA) is 106 Å². The van der Waals surface area contributed by atoms with Gasteiger partial charge in [0.2, 0.25) is 12.0 Å². The molecule has 34 heavy (non-hydrogen) atoms. The van der Waals surface area contributed by atoms with Crippen LogP contribution in [0.25, 0.3) is 0 Å². The highest BCUT2D eigenvalue weighted by molar-refractivity contribution is 5.94. The molecule has 4 rings (SSSR count). The Morgan fingerprint density at radius 3 is 2.59 bits per heavy atom. The maximum atomic E-state index is 13.3. The molecule has 186 valence electrons. The van der Waals surface area contributed by atoms with Gasteiger partial charge >= 0.3 is 6.09 Å². The van der Waals surface area contributed by atoms with Crippen LogP contribution in [-0.4, -0.2) is 67.4 Å². The molecule has 2 heterocycles. The average molecular weight is 474 g/mol. The minimum Gasteiger partial charge on any atom is -0.461 e. The summed E-state index contributed by atoms with van der Waals surface area (Å²) >= 11 is 0. The lowest BCUT2D eigenvalue weighted by Crippen LogP contribution is -2.52. The number of para-hydroxylation sites is 2. The summed E-state index contributed by atoms with van der Waals surface area (Å²) in [5, 5.41) is 5.79. The second-order valence-corrected chi connectivity index (χ2v) is 9.19. The number of hydrogen-bond acceptors (Lipinski definition) is 7. The first-order valence-electron chi connectivity index (χ1n) is 12.5. The predicted octanol–water partition coefficient (Wildman–Crippen LogP) is 3.09. The predicted molar refractivity (Wildman–Crippen MR) is 126 cm³/mol. The highest BCUT2D eigenvalue weighted by Gasteiger charge is 2.38. The van der Waals surface area contributed by atoms with Crippen LogP contribution in [0, 0.1) is 5.92 Å². The number of Topliss-reactive ketones (excluding diaryl/α,β-unsaturated/α-hetero) is 1. The molecule has 1 aromatic rings. The van der Waals surface area contributed by atoms with Gasteiger partial charge in [-0.1, -0.05) is 44.7 Å². The number of ketones is 1. The summed E-state index contributed by atoms with van der Waals surface area (Å²) in [6.45, 7) is 3.90. The monoisotopic (exact) mass is 473 g/mol. The minimum atomic E-state index is -0.877. The van der Waals surface area contributed by atoms with E-state index in [-0.39, 0.29) is 17.6 Å². The maximum Gasteiger partial charge on any atom is 0.408 e. The number of carbonyl (C=O) groups is 3. The van der Waals surface area contributed by atoms with E-state index in [1.807, 2.05) is 25.1 Å². The van der Waals surface area contributed by atoms with E-state index in [0.717, 1.165) is 37.8 Å².